The van der Waals surface area contributed by atoms with Gasteiger partial charge in [-0.05, 0) is 45.7 Å². The molecule has 1 aliphatic heterocycles. The van der Waals surface area contributed by atoms with Gasteiger partial charge in [0.15, 0.2) is 0 Å². The van der Waals surface area contributed by atoms with Gasteiger partial charge in [0.25, 0.3) is 0 Å². The second-order valence-electron chi connectivity index (χ2n) is 6.87. The summed E-state index contributed by atoms with van der Waals surface area (Å²) in [5, 5.41) is 2.93. The fourth-order valence-corrected chi connectivity index (χ4v) is 3.06. The van der Waals surface area contributed by atoms with Crippen molar-refractivity contribution in [1.82, 2.24) is 10.2 Å². The summed E-state index contributed by atoms with van der Waals surface area (Å²) in [6.45, 7) is 12.2. The number of para-hydroxylation sites is 1. The van der Waals surface area contributed by atoms with Crippen LogP contribution in [0, 0.1) is 13.8 Å². The van der Waals surface area contributed by atoms with Gasteiger partial charge in [-0.3, -0.25) is 0 Å². The first kappa shape index (κ1) is 17.6. The maximum absolute atomic E-state index is 12.3. The largest absolute Gasteiger partial charge is 0.491 e. The number of carbonyl (C=O) groups excluding carboxylic acids is 1. The average molecular weight is 320 g/mol. The number of amides is 2. The number of nitrogens with one attached hydrogen (secondary N) is 1. The average Bonchev–Trinajstić information content (AvgIpc) is 2.43. The molecule has 0 radical (unpaired) electrons. The highest BCUT2D eigenvalue weighted by atomic mass is 16.5. The monoisotopic (exact) mass is 320 g/mol. The highest BCUT2D eigenvalue weighted by Crippen LogP contribution is 2.22. The standard InChI is InChI=1S/C18H28N2O3/c1-13-7-6-8-14(2)16(13)22-10-9-19-17(21)20-11-15(3)23-18(4,5)12-20/h6-8,15H,9-12H2,1-5H3,(H,19,21)/t15-/m1/s1. The van der Waals surface area contributed by atoms with Crippen LogP contribution in [-0.4, -0.2) is 48.9 Å². The molecular weight excluding hydrogens is 292 g/mol. The summed E-state index contributed by atoms with van der Waals surface area (Å²) in [7, 11) is 0. The molecule has 1 heterocycles. The molecule has 5 nitrogen and oxygen atoms in total. The summed E-state index contributed by atoms with van der Waals surface area (Å²) in [6.07, 6.45) is 0.0513. The zero-order chi connectivity index (χ0) is 17.0. The number of ether oxygens (including phenoxy) is 2. The molecule has 1 fully saturated rings. The van der Waals surface area contributed by atoms with Crippen LogP contribution in [0.4, 0.5) is 4.79 Å². The van der Waals surface area contributed by atoms with Gasteiger partial charge in [0.05, 0.1) is 24.8 Å². The highest BCUT2D eigenvalue weighted by molar-refractivity contribution is 5.74. The van der Waals surface area contributed by atoms with E-state index in [4.69, 9.17) is 9.47 Å². The predicted octanol–water partition coefficient (Wildman–Crippen LogP) is 2.89. The fraction of sp³-hybridized carbons (Fsp3) is 0.611. The van der Waals surface area contributed by atoms with Crippen LogP contribution in [-0.2, 0) is 4.74 Å². The minimum Gasteiger partial charge on any atom is -0.491 e. The molecule has 1 atom stereocenters. The van der Waals surface area contributed by atoms with Gasteiger partial charge in [0.2, 0.25) is 0 Å². The van der Waals surface area contributed by atoms with Crippen molar-refractivity contribution >= 4 is 6.03 Å². The van der Waals surface area contributed by atoms with Crippen LogP contribution in [0.25, 0.3) is 0 Å². The van der Waals surface area contributed by atoms with Gasteiger partial charge in [-0.1, -0.05) is 18.2 Å². The third-order valence-electron chi connectivity index (χ3n) is 3.89. The maximum Gasteiger partial charge on any atom is 0.317 e. The molecule has 1 saturated heterocycles. The first-order chi connectivity index (χ1) is 10.8. The van der Waals surface area contributed by atoms with E-state index in [1.54, 1.807) is 0 Å². The third-order valence-corrected chi connectivity index (χ3v) is 3.89. The van der Waals surface area contributed by atoms with Crippen molar-refractivity contribution in [2.75, 3.05) is 26.2 Å². The molecule has 128 valence electrons. The van der Waals surface area contributed by atoms with Gasteiger partial charge in [0.1, 0.15) is 12.4 Å². The Morgan fingerprint density at radius 2 is 2.04 bits per heavy atom. The van der Waals surface area contributed by atoms with Crippen molar-refractivity contribution in [2.45, 2.75) is 46.3 Å². The van der Waals surface area contributed by atoms with Crippen molar-refractivity contribution in [3.05, 3.63) is 29.3 Å². The van der Waals surface area contributed by atoms with E-state index in [9.17, 15) is 4.79 Å². The molecule has 1 N–H and O–H groups in total. The smallest absolute Gasteiger partial charge is 0.317 e. The Bertz CT molecular complexity index is 537. The van der Waals surface area contributed by atoms with Crippen molar-refractivity contribution in [3.63, 3.8) is 0 Å². The molecule has 0 saturated carbocycles. The molecule has 23 heavy (non-hydrogen) atoms. The summed E-state index contributed by atoms with van der Waals surface area (Å²) < 4.78 is 11.6. The van der Waals surface area contributed by atoms with Gasteiger partial charge in [0, 0.05) is 6.54 Å². The first-order valence-electron chi connectivity index (χ1n) is 8.18. The van der Waals surface area contributed by atoms with Gasteiger partial charge in [-0.2, -0.15) is 0 Å². The van der Waals surface area contributed by atoms with Crippen molar-refractivity contribution in [3.8, 4) is 5.75 Å². The van der Waals surface area contributed by atoms with E-state index < -0.39 is 0 Å². The number of benzene rings is 1. The van der Waals surface area contributed by atoms with Crippen LogP contribution in [0.3, 0.4) is 0 Å². The van der Waals surface area contributed by atoms with E-state index in [0.717, 1.165) is 16.9 Å². The number of rotatable bonds is 4. The minimum atomic E-state index is -0.302. The van der Waals surface area contributed by atoms with Crippen LogP contribution < -0.4 is 10.1 Å². The van der Waals surface area contributed by atoms with Crippen LogP contribution in [0.5, 0.6) is 5.75 Å². The highest BCUT2D eigenvalue weighted by Gasteiger charge is 2.33. The van der Waals surface area contributed by atoms with E-state index in [2.05, 4.69) is 5.32 Å². The molecular formula is C18H28N2O3. The summed E-state index contributed by atoms with van der Waals surface area (Å²) >= 11 is 0. The molecule has 5 heteroatoms. The summed E-state index contributed by atoms with van der Waals surface area (Å²) in [5.74, 6) is 0.905. The molecule has 0 spiro atoms. The van der Waals surface area contributed by atoms with Crippen LogP contribution in [0.15, 0.2) is 18.2 Å². The zero-order valence-corrected chi connectivity index (χ0v) is 14.8. The number of carbonyl (C=O) groups is 1. The Kier molecular flexibility index (Phi) is 5.52. The number of aryl methyl sites for hydroxylation is 2. The number of nitrogens with zero attached hydrogens (tertiary/aromatic N) is 1. The molecule has 0 aromatic heterocycles. The van der Waals surface area contributed by atoms with Gasteiger partial charge < -0.3 is 19.7 Å². The van der Waals surface area contributed by atoms with E-state index in [1.807, 2.05) is 57.7 Å². The Labute approximate surface area is 139 Å². The molecule has 1 aromatic rings. The molecule has 2 rings (SSSR count). The fourth-order valence-electron chi connectivity index (χ4n) is 3.06. The Hall–Kier alpha value is -1.75. The Morgan fingerprint density at radius 3 is 2.65 bits per heavy atom. The van der Waals surface area contributed by atoms with Crippen molar-refractivity contribution in [2.24, 2.45) is 0 Å². The lowest BCUT2D eigenvalue weighted by molar-refractivity contribution is -0.117. The summed E-state index contributed by atoms with van der Waals surface area (Å²) in [4.78, 5) is 14.1. The first-order valence-corrected chi connectivity index (χ1v) is 8.18. The molecule has 2 amide bonds. The van der Waals surface area contributed by atoms with Gasteiger partial charge in [-0.25, -0.2) is 4.79 Å². The van der Waals surface area contributed by atoms with Crippen molar-refractivity contribution in [1.29, 1.82) is 0 Å². The molecule has 0 unspecified atom stereocenters. The predicted molar refractivity (Wildman–Crippen MR) is 91.0 cm³/mol. The van der Waals surface area contributed by atoms with E-state index >= 15 is 0 Å². The molecule has 0 aliphatic carbocycles. The Balaban J connectivity index is 1.79. The van der Waals surface area contributed by atoms with E-state index in [1.165, 1.54) is 0 Å². The molecule has 0 bridgehead atoms. The van der Waals surface area contributed by atoms with Crippen LogP contribution in [0.2, 0.25) is 0 Å². The van der Waals surface area contributed by atoms with Crippen molar-refractivity contribution < 1.29 is 14.3 Å². The third kappa shape index (κ3) is 4.86. The lowest BCUT2D eigenvalue weighted by Crippen LogP contribution is -2.56. The van der Waals surface area contributed by atoms with Crippen LogP contribution >= 0.6 is 0 Å². The number of hydrogen-bond donors (Lipinski definition) is 1. The second-order valence-corrected chi connectivity index (χ2v) is 6.87. The summed E-state index contributed by atoms with van der Waals surface area (Å²) in [6, 6.07) is 6.01. The lowest BCUT2D eigenvalue weighted by Gasteiger charge is -2.41. The van der Waals surface area contributed by atoms with Crippen LogP contribution in [0.1, 0.15) is 31.9 Å². The maximum atomic E-state index is 12.3. The van der Waals surface area contributed by atoms with E-state index in [-0.39, 0.29) is 17.7 Å². The molecule has 1 aliphatic rings. The molecule has 1 aromatic carbocycles. The number of hydrogen-bond acceptors (Lipinski definition) is 3. The normalized spacial score (nSPS) is 20.2. The van der Waals surface area contributed by atoms with E-state index in [0.29, 0.717) is 26.2 Å². The second kappa shape index (κ2) is 7.21. The summed E-state index contributed by atoms with van der Waals surface area (Å²) in [5.41, 5.74) is 1.92. The minimum absolute atomic E-state index is 0.0513. The van der Waals surface area contributed by atoms with Gasteiger partial charge in [-0.15, -0.1) is 0 Å². The van der Waals surface area contributed by atoms with Gasteiger partial charge >= 0.3 is 6.03 Å². The Morgan fingerprint density at radius 1 is 1.39 bits per heavy atom. The SMILES string of the molecule is Cc1cccc(C)c1OCCNC(=O)N1C[C@@H](C)OC(C)(C)C1. The number of urea groups is 1. The lowest BCUT2D eigenvalue weighted by atomic mass is 10.1. The topological polar surface area (TPSA) is 50.8 Å². The zero-order valence-electron chi connectivity index (χ0n) is 14.8. The quantitative estimate of drug-likeness (QED) is 0.868. The number of morpholine rings is 1.